The number of hydrogen-bond acceptors (Lipinski definition) is 4. The van der Waals surface area contributed by atoms with E-state index in [-0.39, 0.29) is 5.91 Å². The van der Waals surface area contributed by atoms with Gasteiger partial charge >= 0.3 is 0 Å². The minimum atomic E-state index is -0.220. The molecule has 0 aliphatic rings. The summed E-state index contributed by atoms with van der Waals surface area (Å²) in [4.78, 5) is 29.0. The summed E-state index contributed by atoms with van der Waals surface area (Å²) in [6.07, 6.45) is 3.14. The van der Waals surface area contributed by atoms with E-state index >= 15 is 0 Å². The number of aromatic nitrogens is 3. The zero-order valence-electron chi connectivity index (χ0n) is 16.2. The van der Waals surface area contributed by atoms with Gasteiger partial charge in [0, 0.05) is 41.5 Å². The van der Waals surface area contributed by atoms with Gasteiger partial charge in [0.05, 0.1) is 11.3 Å². The molecule has 0 spiro atoms. The van der Waals surface area contributed by atoms with Crippen molar-refractivity contribution < 1.29 is 9.59 Å². The summed E-state index contributed by atoms with van der Waals surface area (Å²) in [6.45, 7) is 0.459. The highest BCUT2D eigenvalue weighted by atomic mass is 16.1. The largest absolute Gasteiger partial charge is 0.352 e. The molecule has 2 aromatic carbocycles. The SMILES string of the molecule is O=Cc1c(-c2ccccc2C(=O)NCCc2ccccn2)n[nH]c1-c1ccccc1. The lowest BCUT2D eigenvalue weighted by Gasteiger charge is -2.09. The van der Waals surface area contributed by atoms with Crippen LogP contribution in [0, 0.1) is 0 Å². The van der Waals surface area contributed by atoms with Gasteiger partial charge in [0.2, 0.25) is 0 Å². The maximum Gasteiger partial charge on any atom is 0.251 e. The standard InChI is InChI=1S/C24H20N4O2/c29-16-21-22(17-8-2-1-3-9-17)27-28-23(21)19-11-4-5-12-20(19)24(30)26-15-13-18-10-6-7-14-25-18/h1-12,14,16H,13,15H2,(H,26,30)(H,27,28). The molecule has 2 aromatic heterocycles. The number of pyridine rings is 1. The van der Waals surface area contributed by atoms with E-state index in [1.807, 2.05) is 54.6 Å². The average molecular weight is 396 g/mol. The molecule has 0 radical (unpaired) electrons. The molecule has 30 heavy (non-hydrogen) atoms. The monoisotopic (exact) mass is 396 g/mol. The highest BCUT2D eigenvalue weighted by molar-refractivity contribution is 6.03. The van der Waals surface area contributed by atoms with Gasteiger partial charge in [-0.2, -0.15) is 5.10 Å². The first-order chi connectivity index (χ1) is 14.8. The molecule has 0 bridgehead atoms. The van der Waals surface area contributed by atoms with Crippen LogP contribution in [0.15, 0.2) is 79.0 Å². The molecule has 4 aromatic rings. The van der Waals surface area contributed by atoms with Crippen molar-refractivity contribution in [3.05, 3.63) is 95.8 Å². The number of carbonyl (C=O) groups is 2. The van der Waals surface area contributed by atoms with Gasteiger partial charge in [-0.25, -0.2) is 0 Å². The molecule has 0 unspecified atom stereocenters. The number of nitrogens with zero attached hydrogens (tertiary/aromatic N) is 2. The molecule has 0 saturated carbocycles. The minimum absolute atomic E-state index is 0.220. The molecule has 148 valence electrons. The molecule has 2 N–H and O–H groups in total. The minimum Gasteiger partial charge on any atom is -0.352 e. The fourth-order valence-corrected chi connectivity index (χ4v) is 3.33. The topological polar surface area (TPSA) is 87.7 Å². The molecular weight excluding hydrogens is 376 g/mol. The highest BCUT2D eigenvalue weighted by Gasteiger charge is 2.20. The Kier molecular flexibility index (Phi) is 5.75. The maximum absolute atomic E-state index is 12.8. The van der Waals surface area contributed by atoms with E-state index in [0.29, 0.717) is 41.0 Å². The van der Waals surface area contributed by atoms with Crippen molar-refractivity contribution in [2.75, 3.05) is 6.54 Å². The Morgan fingerprint density at radius 3 is 2.50 bits per heavy atom. The number of hydrogen-bond donors (Lipinski definition) is 2. The van der Waals surface area contributed by atoms with Crippen LogP contribution < -0.4 is 5.32 Å². The van der Waals surface area contributed by atoms with Gasteiger partial charge in [-0.1, -0.05) is 54.6 Å². The lowest BCUT2D eigenvalue weighted by molar-refractivity contribution is 0.0954. The second kappa shape index (κ2) is 8.96. The molecule has 0 saturated heterocycles. The molecule has 0 atom stereocenters. The Hall–Kier alpha value is -4.06. The maximum atomic E-state index is 12.8. The van der Waals surface area contributed by atoms with Crippen molar-refractivity contribution in [3.63, 3.8) is 0 Å². The van der Waals surface area contributed by atoms with E-state index in [2.05, 4.69) is 20.5 Å². The fraction of sp³-hybridized carbons (Fsp3) is 0.0833. The number of aldehydes is 1. The van der Waals surface area contributed by atoms with Crippen molar-refractivity contribution in [2.45, 2.75) is 6.42 Å². The van der Waals surface area contributed by atoms with Crippen LogP contribution in [0.1, 0.15) is 26.4 Å². The Balaban J connectivity index is 1.60. The first-order valence-corrected chi connectivity index (χ1v) is 9.64. The average Bonchev–Trinajstić information content (AvgIpc) is 3.24. The van der Waals surface area contributed by atoms with Crippen molar-refractivity contribution >= 4 is 12.2 Å². The van der Waals surface area contributed by atoms with Crippen molar-refractivity contribution in [1.29, 1.82) is 0 Å². The van der Waals surface area contributed by atoms with Crippen LogP contribution >= 0.6 is 0 Å². The predicted octanol–water partition coefficient (Wildman–Crippen LogP) is 3.92. The summed E-state index contributed by atoms with van der Waals surface area (Å²) in [5.74, 6) is -0.220. The van der Waals surface area contributed by atoms with E-state index in [0.717, 1.165) is 17.5 Å². The second-order valence-electron chi connectivity index (χ2n) is 6.72. The third kappa shape index (κ3) is 4.03. The van der Waals surface area contributed by atoms with Crippen molar-refractivity contribution in [1.82, 2.24) is 20.5 Å². The van der Waals surface area contributed by atoms with Crippen LogP contribution in [-0.2, 0) is 6.42 Å². The molecule has 0 fully saturated rings. The van der Waals surface area contributed by atoms with Gasteiger partial charge < -0.3 is 5.32 Å². The Bertz CT molecular complexity index is 1150. The van der Waals surface area contributed by atoms with E-state index in [1.54, 1.807) is 24.4 Å². The summed E-state index contributed by atoms with van der Waals surface area (Å²) in [6, 6.07) is 22.4. The zero-order chi connectivity index (χ0) is 20.8. The van der Waals surface area contributed by atoms with Crippen LogP contribution in [0.3, 0.4) is 0 Å². The van der Waals surface area contributed by atoms with E-state index < -0.39 is 0 Å². The van der Waals surface area contributed by atoms with Gasteiger partial charge in [-0.15, -0.1) is 0 Å². The summed E-state index contributed by atoms with van der Waals surface area (Å²) < 4.78 is 0. The number of aromatic amines is 1. The summed E-state index contributed by atoms with van der Waals surface area (Å²) in [7, 11) is 0. The number of nitrogens with one attached hydrogen (secondary N) is 2. The molecule has 4 rings (SSSR count). The molecule has 0 aliphatic heterocycles. The Morgan fingerprint density at radius 2 is 1.73 bits per heavy atom. The first kappa shape index (κ1) is 19.3. The predicted molar refractivity (Wildman–Crippen MR) is 115 cm³/mol. The normalized spacial score (nSPS) is 10.5. The highest BCUT2D eigenvalue weighted by Crippen LogP contribution is 2.30. The van der Waals surface area contributed by atoms with Crippen molar-refractivity contribution in [3.8, 4) is 22.5 Å². The molecule has 0 aliphatic carbocycles. The molecule has 1 amide bonds. The van der Waals surface area contributed by atoms with Gasteiger partial charge in [0.15, 0.2) is 6.29 Å². The van der Waals surface area contributed by atoms with Crippen molar-refractivity contribution in [2.24, 2.45) is 0 Å². The number of rotatable bonds is 7. The summed E-state index contributed by atoms with van der Waals surface area (Å²) >= 11 is 0. The van der Waals surface area contributed by atoms with Crippen LogP contribution in [0.5, 0.6) is 0 Å². The number of H-pyrrole nitrogens is 1. The quantitative estimate of drug-likeness (QED) is 0.464. The Morgan fingerprint density at radius 1 is 0.967 bits per heavy atom. The Labute approximate surface area is 174 Å². The first-order valence-electron chi connectivity index (χ1n) is 9.64. The number of benzene rings is 2. The van der Waals surface area contributed by atoms with Gasteiger partial charge in [-0.05, 0) is 18.2 Å². The smallest absolute Gasteiger partial charge is 0.251 e. The molecule has 6 nitrogen and oxygen atoms in total. The van der Waals surface area contributed by atoms with E-state index in [4.69, 9.17) is 0 Å². The van der Waals surface area contributed by atoms with E-state index in [9.17, 15) is 9.59 Å². The van der Waals surface area contributed by atoms with Crippen LogP contribution in [0.2, 0.25) is 0 Å². The molecule has 2 heterocycles. The van der Waals surface area contributed by atoms with Crippen LogP contribution in [0.25, 0.3) is 22.5 Å². The van der Waals surface area contributed by atoms with Gasteiger partial charge in [0.25, 0.3) is 5.91 Å². The second-order valence-corrected chi connectivity index (χ2v) is 6.72. The third-order valence-electron chi connectivity index (χ3n) is 4.80. The lowest BCUT2D eigenvalue weighted by atomic mass is 9.98. The van der Waals surface area contributed by atoms with Gasteiger partial charge in [0.1, 0.15) is 5.69 Å². The van der Waals surface area contributed by atoms with Crippen LogP contribution in [0.4, 0.5) is 0 Å². The summed E-state index contributed by atoms with van der Waals surface area (Å²) in [5.41, 5.74) is 4.35. The van der Waals surface area contributed by atoms with E-state index in [1.165, 1.54) is 0 Å². The lowest BCUT2D eigenvalue weighted by Crippen LogP contribution is -2.26. The zero-order valence-corrected chi connectivity index (χ0v) is 16.2. The summed E-state index contributed by atoms with van der Waals surface area (Å²) in [5, 5.41) is 10.2. The molecular formula is C24H20N4O2. The third-order valence-corrected chi connectivity index (χ3v) is 4.80. The number of amides is 1. The fourth-order valence-electron chi connectivity index (χ4n) is 3.33. The molecule has 6 heteroatoms. The van der Waals surface area contributed by atoms with Crippen LogP contribution in [-0.4, -0.2) is 33.9 Å². The number of carbonyl (C=O) groups excluding carboxylic acids is 2. The van der Waals surface area contributed by atoms with Gasteiger partial charge in [-0.3, -0.25) is 19.7 Å².